The standard InChI is InChI=1S/C15H20N4O/c1-19(2)10-8-14-17-15(20-18-14)12-5-3-7-13-11(12)6-4-9-16-13/h3,5,7,16H,4,6,8-10H2,1-2H3. The Hall–Kier alpha value is -1.88. The van der Waals surface area contributed by atoms with Crippen LogP contribution in [-0.2, 0) is 12.8 Å². The summed E-state index contributed by atoms with van der Waals surface area (Å²) in [6.45, 7) is 1.96. The lowest BCUT2D eigenvalue weighted by Crippen LogP contribution is -2.15. The second-order valence-corrected chi connectivity index (χ2v) is 5.43. The molecule has 0 unspecified atom stereocenters. The third kappa shape index (κ3) is 2.67. The summed E-state index contributed by atoms with van der Waals surface area (Å²) in [5.74, 6) is 1.41. The highest BCUT2D eigenvalue weighted by molar-refractivity contribution is 5.69. The van der Waals surface area contributed by atoms with Gasteiger partial charge in [-0.25, -0.2) is 0 Å². The molecule has 3 rings (SSSR count). The van der Waals surface area contributed by atoms with Gasteiger partial charge < -0.3 is 14.7 Å². The second-order valence-electron chi connectivity index (χ2n) is 5.43. The van der Waals surface area contributed by atoms with E-state index in [1.54, 1.807) is 0 Å². The fraction of sp³-hybridized carbons (Fsp3) is 0.467. The van der Waals surface area contributed by atoms with Crippen molar-refractivity contribution < 1.29 is 4.52 Å². The summed E-state index contributed by atoms with van der Waals surface area (Å²) in [5, 5.41) is 7.50. The highest BCUT2D eigenvalue weighted by Gasteiger charge is 2.17. The summed E-state index contributed by atoms with van der Waals surface area (Å²) in [5.41, 5.74) is 3.56. The number of anilines is 1. The van der Waals surface area contributed by atoms with Crippen molar-refractivity contribution in [2.75, 3.05) is 32.5 Å². The molecule has 0 aliphatic carbocycles. The van der Waals surface area contributed by atoms with Gasteiger partial charge in [0.2, 0.25) is 0 Å². The molecule has 0 radical (unpaired) electrons. The first-order valence-corrected chi connectivity index (χ1v) is 7.07. The van der Waals surface area contributed by atoms with Crippen molar-refractivity contribution in [3.63, 3.8) is 0 Å². The quantitative estimate of drug-likeness (QED) is 0.924. The fourth-order valence-corrected chi connectivity index (χ4v) is 2.50. The van der Waals surface area contributed by atoms with Crippen LogP contribution in [0.15, 0.2) is 22.7 Å². The van der Waals surface area contributed by atoms with Crippen LogP contribution in [0.5, 0.6) is 0 Å². The van der Waals surface area contributed by atoms with Crippen molar-refractivity contribution >= 4 is 5.69 Å². The average molecular weight is 272 g/mol. The smallest absolute Gasteiger partial charge is 0.258 e. The highest BCUT2D eigenvalue weighted by atomic mass is 16.5. The molecule has 1 aliphatic heterocycles. The largest absolute Gasteiger partial charge is 0.385 e. The molecular formula is C15H20N4O. The molecular weight excluding hydrogens is 252 g/mol. The van der Waals surface area contributed by atoms with Crippen molar-refractivity contribution in [1.82, 2.24) is 15.0 Å². The van der Waals surface area contributed by atoms with E-state index in [2.05, 4.69) is 32.5 Å². The Morgan fingerprint density at radius 1 is 1.35 bits per heavy atom. The Morgan fingerprint density at radius 3 is 3.10 bits per heavy atom. The number of hydrogen-bond donors (Lipinski definition) is 1. The monoisotopic (exact) mass is 272 g/mol. The van der Waals surface area contributed by atoms with Gasteiger partial charge in [0.15, 0.2) is 5.82 Å². The normalized spacial score (nSPS) is 14.2. The van der Waals surface area contributed by atoms with Crippen LogP contribution >= 0.6 is 0 Å². The lowest BCUT2D eigenvalue weighted by atomic mass is 9.97. The molecule has 5 heteroatoms. The van der Waals surface area contributed by atoms with Gasteiger partial charge in [-0.3, -0.25) is 0 Å². The summed E-state index contributed by atoms with van der Waals surface area (Å²) >= 11 is 0. The van der Waals surface area contributed by atoms with Gasteiger partial charge in [0.1, 0.15) is 0 Å². The Balaban J connectivity index is 1.86. The lowest BCUT2D eigenvalue weighted by molar-refractivity contribution is 0.392. The van der Waals surface area contributed by atoms with E-state index in [1.807, 2.05) is 20.2 Å². The van der Waals surface area contributed by atoms with Crippen molar-refractivity contribution in [1.29, 1.82) is 0 Å². The molecule has 0 saturated heterocycles. The van der Waals surface area contributed by atoms with E-state index in [-0.39, 0.29) is 0 Å². The molecule has 2 aromatic rings. The molecule has 0 spiro atoms. The van der Waals surface area contributed by atoms with E-state index in [1.165, 1.54) is 11.3 Å². The molecule has 20 heavy (non-hydrogen) atoms. The van der Waals surface area contributed by atoms with E-state index in [4.69, 9.17) is 4.52 Å². The first-order valence-electron chi connectivity index (χ1n) is 7.07. The minimum absolute atomic E-state index is 0.638. The van der Waals surface area contributed by atoms with Gasteiger partial charge in [-0.15, -0.1) is 0 Å². The zero-order valence-electron chi connectivity index (χ0n) is 12.0. The Morgan fingerprint density at radius 2 is 2.25 bits per heavy atom. The van der Waals surface area contributed by atoms with Crippen molar-refractivity contribution in [3.8, 4) is 11.5 Å². The molecule has 0 fully saturated rings. The number of aromatic nitrogens is 2. The summed E-state index contributed by atoms with van der Waals surface area (Å²) in [6, 6.07) is 6.21. The molecule has 2 heterocycles. The number of benzene rings is 1. The van der Waals surface area contributed by atoms with Gasteiger partial charge in [0.05, 0.1) is 0 Å². The van der Waals surface area contributed by atoms with Crippen LogP contribution in [0.3, 0.4) is 0 Å². The molecule has 1 aromatic carbocycles. The van der Waals surface area contributed by atoms with Gasteiger partial charge in [0.25, 0.3) is 5.89 Å². The number of fused-ring (bicyclic) bond motifs is 1. The first kappa shape index (κ1) is 13.1. The van der Waals surface area contributed by atoms with Crippen molar-refractivity contribution in [2.24, 2.45) is 0 Å². The Bertz CT molecular complexity index is 591. The summed E-state index contributed by atoms with van der Waals surface area (Å²) in [7, 11) is 4.08. The van der Waals surface area contributed by atoms with Crippen LogP contribution in [-0.4, -0.2) is 42.2 Å². The molecule has 106 valence electrons. The van der Waals surface area contributed by atoms with Crippen LogP contribution < -0.4 is 5.32 Å². The van der Waals surface area contributed by atoms with Gasteiger partial charge in [-0.2, -0.15) is 4.98 Å². The van der Waals surface area contributed by atoms with E-state index >= 15 is 0 Å². The molecule has 1 aromatic heterocycles. The van der Waals surface area contributed by atoms with Gasteiger partial charge >= 0.3 is 0 Å². The third-order valence-electron chi connectivity index (χ3n) is 3.58. The number of rotatable bonds is 4. The van der Waals surface area contributed by atoms with E-state index in [0.29, 0.717) is 5.89 Å². The summed E-state index contributed by atoms with van der Waals surface area (Å²) in [4.78, 5) is 6.64. The van der Waals surface area contributed by atoms with E-state index < -0.39 is 0 Å². The van der Waals surface area contributed by atoms with E-state index in [0.717, 1.165) is 43.7 Å². The Labute approximate surface area is 119 Å². The summed E-state index contributed by atoms with van der Waals surface area (Å²) < 4.78 is 5.44. The van der Waals surface area contributed by atoms with Crippen LogP contribution in [0, 0.1) is 0 Å². The van der Waals surface area contributed by atoms with Gasteiger partial charge in [-0.1, -0.05) is 11.2 Å². The summed E-state index contributed by atoms with van der Waals surface area (Å²) in [6.07, 6.45) is 3.02. The zero-order chi connectivity index (χ0) is 13.9. The van der Waals surface area contributed by atoms with Crippen LogP contribution in [0.4, 0.5) is 5.69 Å². The zero-order valence-corrected chi connectivity index (χ0v) is 12.0. The van der Waals surface area contributed by atoms with Crippen molar-refractivity contribution in [3.05, 3.63) is 29.6 Å². The number of likely N-dealkylation sites (N-methyl/N-ethyl adjacent to an activating group) is 1. The lowest BCUT2D eigenvalue weighted by Gasteiger charge is -2.19. The minimum atomic E-state index is 0.638. The van der Waals surface area contributed by atoms with E-state index in [9.17, 15) is 0 Å². The molecule has 5 nitrogen and oxygen atoms in total. The Kier molecular flexibility index (Phi) is 3.69. The predicted molar refractivity (Wildman–Crippen MR) is 78.8 cm³/mol. The average Bonchev–Trinajstić information content (AvgIpc) is 2.93. The SMILES string of the molecule is CN(C)CCc1noc(-c2cccc3c2CCCN3)n1. The molecule has 1 N–H and O–H groups in total. The maximum atomic E-state index is 5.44. The fourth-order valence-electron chi connectivity index (χ4n) is 2.50. The van der Waals surface area contributed by atoms with Crippen LogP contribution in [0.2, 0.25) is 0 Å². The number of hydrogen-bond acceptors (Lipinski definition) is 5. The van der Waals surface area contributed by atoms with Gasteiger partial charge in [0, 0.05) is 30.8 Å². The molecule has 0 saturated carbocycles. The predicted octanol–water partition coefficient (Wildman–Crippen LogP) is 2.20. The maximum Gasteiger partial charge on any atom is 0.258 e. The topological polar surface area (TPSA) is 54.2 Å². The minimum Gasteiger partial charge on any atom is -0.385 e. The molecule has 0 bridgehead atoms. The maximum absolute atomic E-state index is 5.44. The highest BCUT2D eigenvalue weighted by Crippen LogP contribution is 2.31. The second kappa shape index (κ2) is 5.63. The molecule has 0 amide bonds. The number of nitrogens with one attached hydrogen (secondary N) is 1. The molecule has 1 aliphatic rings. The van der Waals surface area contributed by atoms with Crippen molar-refractivity contribution in [2.45, 2.75) is 19.3 Å². The van der Waals surface area contributed by atoms with Gasteiger partial charge in [-0.05, 0) is 44.6 Å². The first-order chi connectivity index (χ1) is 9.74. The number of nitrogens with zero attached hydrogens (tertiary/aromatic N) is 3. The van der Waals surface area contributed by atoms with Crippen LogP contribution in [0.1, 0.15) is 17.8 Å². The third-order valence-corrected chi connectivity index (χ3v) is 3.58. The molecule has 0 atom stereocenters. The van der Waals surface area contributed by atoms with Crippen LogP contribution in [0.25, 0.3) is 11.5 Å².